The molecule has 0 heterocycles. The van der Waals surface area contributed by atoms with Gasteiger partial charge in [-0.1, -0.05) is 38.5 Å². The van der Waals surface area contributed by atoms with Gasteiger partial charge in [-0.25, -0.2) is 4.39 Å². The van der Waals surface area contributed by atoms with Gasteiger partial charge in [0, 0.05) is 23.9 Å². The Kier molecular flexibility index (Phi) is 4.95. The largest absolute Gasteiger partial charge is 0.355 e. The number of carbonyl (C=O) groups is 1. The molecule has 2 aliphatic rings. The number of hydrogen-bond donors (Lipinski definition) is 2. The third kappa shape index (κ3) is 3.49. The molecular weight excluding hydrogens is 303 g/mol. The lowest BCUT2D eigenvalue weighted by molar-refractivity contribution is -0.128. The lowest BCUT2D eigenvalue weighted by atomic mass is 9.65. The van der Waals surface area contributed by atoms with Crippen molar-refractivity contribution in [3.05, 3.63) is 35.6 Å². The Labute approximate surface area is 144 Å². The van der Waals surface area contributed by atoms with E-state index in [4.69, 9.17) is 5.73 Å². The fourth-order valence-corrected chi connectivity index (χ4v) is 4.56. The molecule has 3 rings (SSSR count). The number of fused-ring (bicyclic) bond motifs is 2. The molecule has 2 fully saturated rings. The van der Waals surface area contributed by atoms with E-state index in [1.165, 1.54) is 12.5 Å². The van der Waals surface area contributed by atoms with Gasteiger partial charge in [0.15, 0.2) is 0 Å². The van der Waals surface area contributed by atoms with Crippen LogP contribution in [0.1, 0.15) is 51.5 Å². The van der Waals surface area contributed by atoms with Crippen LogP contribution in [0.25, 0.3) is 0 Å². The van der Waals surface area contributed by atoms with Gasteiger partial charge in [-0.3, -0.25) is 4.79 Å². The van der Waals surface area contributed by atoms with Crippen molar-refractivity contribution in [1.29, 1.82) is 0 Å². The summed E-state index contributed by atoms with van der Waals surface area (Å²) in [4.78, 5) is 12.7. The minimum atomic E-state index is -0.429. The minimum absolute atomic E-state index is 0.0662. The summed E-state index contributed by atoms with van der Waals surface area (Å²) in [6.07, 6.45) is 5.37. The highest BCUT2D eigenvalue weighted by atomic mass is 19.1. The minimum Gasteiger partial charge on any atom is -0.355 e. The van der Waals surface area contributed by atoms with Crippen molar-refractivity contribution < 1.29 is 9.18 Å². The Hall–Kier alpha value is -1.42. The summed E-state index contributed by atoms with van der Waals surface area (Å²) >= 11 is 0. The Morgan fingerprint density at radius 1 is 1.25 bits per heavy atom. The van der Waals surface area contributed by atoms with E-state index >= 15 is 0 Å². The van der Waals surface area contributed by atoms with Crippen LogP contribution < -0.4 is 11.1 Å². The molecule has 1 amide bonds. The molecule has 4 heteroatoms. The highest BCUT2D eigenvalue weighted by molar-refractivity contribution is 5.79. The molecule has 1 aromatic rings. The number of carbonyl (C=O) groups excluding carboxylic acids is 1. The summed E-state index contributed by atoms with van der Waals surface area (Å²) in [6, 6.07) is 7.08. The van der Waals surface area contributed by atoms with Crippen molar-refractivity contribution in [3.8, 4) is 0 Å². The van der Waals surface area contributed by atoms with Crippen LogP contribution >= 0.6 is 0 Å². The number of rotatable bonds is 4. The van der Waals surface area contributed by atoms with Gasteiger partial charge in [-0.15, -0.1) is 0 Å². The van der Waals surface area contributed by atoms with E-state index in [0.29, 0.717) is 23.9 Å². The molecular formula is C20H29FN2O. The zero-order chi connectivity index (χ0) is 17.3. The van der Waals surface area contributed by atoms with Crippen molar-refractivity contribution in [2.75, 3.05) is 6.54 Å². The molecule has 3 nitrogen and oxygen atoms in total. The fourth-order valence-electron chi connectivity index (χ4n) is 4.56. The van der Waals surface area contributed by atoms with Gasteiger partial charge in [-0.05, 0) is 49.1 Å². The van der Waals surface area contributed by atoms with E-state index in [-0.39, 0.29) is 23.7 Å². The second kappa shape index (κ2) is 6.83. The second-order valence-corrected chi connectivity index (χ2v) is 8.28. The quantitative estimate of drug-likeness (QED) is 0.888. The van der Waals surface area contributed by atoms with E-state index in [1.54, 1.807) is 12.1 Å². The summed E-state index contributed by atoms with van der Waals surface area (Å²) in [5.74, 6) is 0.954. The SMILES string of the molecule is CC(C)(CNC(=O)C1CC2CCCC(C1)C2N)c1ccccc1F. The van der Waals surface area contributed by atoms with E-state index in [2.05, 4.69) is 5.32 Å². The summed E-state index contributed by atoms with van der Waals surface area (Å²) in [7, 11) is 0. The first-order chi connectivity index (χ1) is 11.4. The van der Waals surface area contributed by atoms with E-state index in [0.717, 1.165) is 25.7 Å². The normalized spacial score (nSPS) is 30.0. The van der Waals surface area contributed by atoms with Crippen LogP contribution in [0.3, 0.4) is 0 Å². The highest BCUT2D eigenvalue weighted by Crippen LogP contribution is 2.42. The Morgan fingerprint density at radius 3 is 2.50 bits per heavy atom. The highest BCUT2D eigenvalue weighted by Gasteiger charge is 2.40. The third-order valence-electron chi connectivity index (χ3n) is 6.09. The van der Waals surface area contributed by atoms with Gasteiger partial charge in [0.2, 0.25) is 5.91 Å². The Balaban J connectivity index is 1.60. The predicted molar refractivity (Wildman–Crippen MR) is 94.0 cm³/mol. The van der Waals surface area contributed by atoms with Gasteiger partial charge >= 0.3 is 0 Å². The number of hydrogen-bond acceptors (Lipinski definition) is 2. The first-order valence-electron chi connectivity index (χ1n) is 9.17. The molecule has 2 aliphatic carbocycles. The van der Waals surface area contributed by atoms with Crippen molar-refractivity contribution in [2.45, 2.75) is 57.4 Å². The van der Waals surface area contributed by atoms with Crippen molar-refractivity contribution >= 4 is 5.91 Å². The number of nitrogens with two attached hydrogens (primary N) is 1. The molecule has 2 saturated carbocycles. The fraction of sp³-hybridized carbons (Fsp3) is 0.650. The average Bonchev–Trinajstić information content (AvgIpc) is 2.52. The summed E-state index contributed by atoms with van der Waals surface area (Å²) in [5, 5.41) is 3.08. The van der Waals surface area contributed by atoms with Gasteiger partial charge in [-0.2, -0.15) is 0 Å². The van der Waals surface area contributed by atoms with Crippen LogP contribution in [-0.4, -0.2) is 18.5 Å². The zero-order valence-corrected chi connectivity index (χ0v) is 14.7. The van der Waals surface area contributed by atoms with Gasteiger partial charge in [0.1, 0.15) is 5.82 Å². The van der Waals surface area contributed by atoms with Crippen LogP contribution in [0.4, 0.5) is 4.39 Å². The molecule has 0 spiro atoms. The van der Waals surface area contributed by atoms with Crippen LogP contribution in [0.5, 0.6) is 0 Å². The number of nitrogens with one attached hydrogen (secondary N) is 1. The number of benzene rings is 1. The Morgan fingerprint density at radius 2 is 1.88 bits per heavy atom. The number of amides is 1. The molecule has 2 bridgehead atoms. The predicted octanol–water partition coefficient (Wildman–Crippen LogP) is 3.37. The molecule has 2 atom stereocenters. The van der Waals surface area contributed by atoms with Crippen LogP contribution in [0, 0.1) is 23.6 Å². The van der Waals surface area contributed by atoms with E-state index in [9.17, 15) is 9.18 Å². The van der Waals surface area contributed by atoms with E-state index < -0.39 is 5.41 Å². The van der Waals surface area contributed by atoms with E-state index in [1.807, 2.05) is 19.9 Å². The maximum Gasteiger partial charge on any atom is 0.223 e. The van der Waals surface area contributed by atoms with Crippen LogP contribution in [-0.2, 0) is 10.2 Å². The molecule has 3 N–H and O–H groups in total. The average molecular weight is 332 g/mol. The maximum absolute atomic E-state index is 14.0. The molecule has 0 aliphatic heterocycles. The molecule has 132 valence electrons. The smallest absolute Gasteiger partial charge is 0.223 e. The van der Waals surface area contributed by atoms with Crippen LogP contribution in [0.15, 0.2) is 24.3 Å². The Bertz CT molecular complexity index is 587. The second-order valence-electron chi connectivity index (χ2n) is 8.28. The zero-order valence-electron chi connectivity index (χ0n) is 14.7. The lowest BCUT2D eigenvalue weighted by Gasteiger charge is -2.43. The summed E-state index contributed by atoms with van der Waals surface area (Å²) in [6.45, 7) is 4.39. The van der Waals surface area contributed by atoms with Gasteiger partial charge < -0.3 is 11.1 Å². The standard InChI is InChI=1S/C20H29FN2O/c1-20(2,16-8-3-4-9-17(16)21)12-23-19(24)15-10-13-6-5-7-14(11-15)18(13)22/h3-4,8-9,13-15,18H,5-7,10-12,22H2,1-2H3,(H,23,24). The summed E-state index contributed by atoms with van der Waals surface area (Å²) in [5.41, 5.74) is 6.53. The molecule has 0 radical (unpaired) electrons. The van der Waals surface area contributed by atoms with Crippen molar-refractivity contribution in [3.63, 3.8) is 0 Å². The first kappa shape index (κ1) is 17.4. The van der Waals surface area contributed by atoms with Crippen molar-refractivity contribution in [1.82, 2.24) is 5.32 Å². The monoisotopic (exact) mass is 332 g/mol. The first-order valence-corrected chi connectivity index (χ1v) is 9.17. The third-order valence-corrected chi connectivity index (χ3v) is 6.09. The molecule has 2 unspecified atom stereocenters. The topological polar surface area (TPSA) is 55.1 Å². The van der Waals surface area contributed by atoms with Crippen LogP contribution in [0.2, 0.25) is 0 Å². The van der Waals surface area contributed by atoms with Gasteiger partial charge in [0.25, 0.3) is 0 Å². The molecule has 0 saturated heterocycles. The van der Waals surface area contributed by atoms with Gasteiger partial charge in [0.05, 0.1) is 0 Å². The number of halogens is 1. The molecule has 0 aromatic heterocycles. The summed E-state index contributed by atoms with van der Waals surface area (Å²) < 4.78 is 14.0. The lowest BCUT2D eigenvalue weighted by Crippen LogP contribution is -2.50. The van der Waals surface area contributed by atoms with Crippen molar-refractivity contribution in [2.24, 2.45) is 23.5 Å². The molecule has 1 aromatic carbocycles. The maximum atomic E-state index is 14.0. The molecule has 24 heavy (non-hydrogen) atoms.